The zero-order valence-corrected chi connectivity index (χ0v) is 11.0. The van der Waals surface area contributed by atoms with Crippen molar-refractivity contribution in [1.82, 2.24) is 4.98 Å². The fourth-order valence-corrected chi connectivity index (χ4v) is 4.02. The van der Waals surface area contributed by atoms with Gasteiger partial charge in [-0.25, -0.2) is 4.98 Å². The first-order valence-electron chi connectivity index (χ1n) is 7.05. The fraction of sp³-hybridized carbons (Fsp3) is 0.467. The van der Waals surface area contributed by atoms with Crippen molar-refractivity contribution in [2.45, 2.75) is 25.3 Å². The van der Waals surface area contributed by atoms with E-state index in [-0.39, 0.29) is 12.0 Å². The second-order valence-electron chi connectivity index (χ2n) is 5.86. The topological polar surface area (TPSA) is 75.4 Å². The van der Waals surface area contributed by atoms with Gasteiger partial charge in [-0.2, -0.15) is 0 Å². The Balaban J connectivity index is 1.68. The van der Waals surface area contributed by atoms with E-state index in [1.165, 1.54) is 0 Å². The summed E-state index contributed by atoms with van der Waals surface area (Å²) in [5.41, 5.74) is 0.775. The van der Waals surface area contributed by atoms with Crippen molar-refractivity contribution in [3.63, 3.8) is 0 Å². The van der Waals surface area contributed by atoms with Gasteiger partial charge in [-0.15, -0.1) is 0 Å². The molecule has 2 saturated carbocycles. The molecule has 0 spiro atoms. The summed E-state index contributed by atoms with van der Waals surface area (Å²) in [7, 11) is 0. The third-order valence-corrected chi connectivity index (χ3v) is 4.88. The third-order valence-electron chi connectivity index (χ3n) is 4.88. The van der Waals surface area contributed by atoms with Crippen LogP contribution in [-0.2, 0) is 4.79 Å². The Hall–Kier alpha value is -2.04. The Bertz CT molecular complexity index is 666. The smallest absolute Gasteiger partial charge is 0.308 e. The molecule has 0 aliphatic heterocycles. The van der Waals surface area contributed by atoms with Gasteiger partial charge in [0.05, 0.1) is 17.6 Å². The van der Waals surface area contributed by atoms with Gasteiger partial charge in [-0.1, -0.05) is 0 Å². The second kappa shape index (κ2) is 4.23. The molecule has 0 radical (unpaired) electrons. The summed E-state index contributed by atoms with van der Waals surface area (Å²) in [5.74, 6) is 0.524. The van der Waals surface area contributed by atoms with E-state index in [0.29, 0.717) is 11.8 Å². The average Bonchev–Trinajstić information content (AvgIpc) is 3.13. The molecule has 4 unspecified atom stereocenters. The predicted octanol–water partition coefficient (Wildman–Crippen LogP) is 2.74. The Morgan fingerprint density at radius 2 is 2.20 bits per heavy atom. The highest BCUT2D eigenvalue weighted by Crippen LogP contribution is 2.49. The van der Waals surface area contributed by atoms with E-state index in [0.717, 1.165) is 36.0 Å². The van der Waals surface area contributed by atoms with E-state index in [9.17, 15) is 9.90 Å². The summed E-state index contributed by atoms with van der Waals surface area (Å²) in [6.07, 6.45) is 6.51. The quantitative estimate of drug-likeness (QED) is 0.898. The molecule has 104 valence electrons. The van der Waals surface area contributed by atoms with Crippen molar-refractivity contribution in [2.24, 2.45) is 17.8 Å². The molecule has 2 aromatic heterocycles. The molecule has 2 aromatic rings. The van der Waals surface area contributed by atoms with Crippen molar-refractivity contribution in [2.75, 3.05) is 5.32 Å². The van der Waals surface area contributed by atoms with Crippen LogP contribution in [0.4, 0.5) is 5.82 Å². The maximum absolute atomic E-state index is 11.5. The van der Waals surface area contributed by atoms with Crippen molar-refractivity contribution < 1.29 is 14.3 Å². The monoisotopic (exact) mass is 272 g/mol. The van der Waals surface area contributed by atoms with Crippen LogP contribution in [0.3, 0.4) is 0 Å². The summed E-state index contributed by atoms with van der Waals surface area (Å²) in [5, 5.41) is 13.8. The summed E-state index contributed by atoms with van der Waals surface area (Å²) in [6.45, 7) is 0. The van der Waals surface area contributed by atoms with Crippen molar-refractivity contribution in [1.29, 1.82) is 0 Å². The molecule has 0 aromatic carbocycles. The average molecular weight is 272 g/mol. The Labute approximate surface area is 116 Å². The molecule has 0 amide bonds. The molecular formula is C15H16N2O3. The molecule has 2 aliphatic rings. The van der Waals surface area contributed by atoms with Gasteiger partial charge in [0.1, 0.15) is 11.4 Å². The first-order valence-corrected chi connectivity index (χ1v) is 7.05. The van der Waals surface area contributed by atoms with Gasteiger partial charge in [-0.3, -0.25) is 4.79 Å². The molecule has 4 atom stereocenters. The molecule has 5 heteroatoms. The van der Waals surface area contributed by atoms with Crippen molar-refractivity contribution in [3.05, 3.63) is 24.6 Å². The van der Waals surface area contributed by atoms with Gasteiger partial charge in [0.15, 0.2) is 0 Å². The van der Waals surface area contributed by atoms with Crippen molar-refractivity contribution in [3.8, 4) is 0 Å². The highest BCUT2D eigenvalue weighted by atomic mass is 16.4. The number of carboxylic acid groups (broad SMARTS) is 1. The first kappa shape index (κ1) is 11.8. The summed E-state index contributed by atoms with van der Waals surface area (Å²) < 4.78 is 5.36. The third kappa shape index (κ3) is 1.62. The largest absolute Gasteiger partial charge is 0.481 e. The summed E-state index contributed by atoms with van der Waals surface area (Å²) in [6, 6.07) is 3.67. The molecule has 5 nitrogen and oxygen atoms in total. The van der Waals surface area contributed by atoms with Gasteiger partial charge in [0.2, 0.25) is 0 Å². The van der Waals surface area contributed by atoms with Crippen LogP contribution in [0.25, 0.3) is 11.0 Å². The van der Waals surface area contributed by atoms with Crippen LogP contribution in [0.5, 0.6) is 0 Å². The minimum absolute atomic E-state index is 0.0146. The molecule has 2 heterocycles. The van der Waals surface area contributed by atoms with E-state index in [2.05, 4.69) is 10.3 Å². The standard InChI is InChI=1S/C15H16N2O3/c18-15(19)12-8-1-2-9(7-8)13(12)17-14-10-4-6-20-11(10)3-5-16-14/h3-6,8-9,12-13H,1-2,7H2,(H,16,17)(H,18,19). The second-order valence-corrected chi connectivity index (χ2v) is 5.86. The number of carboxylic acids is 1. The minimum atomic E-state index is -0.686. The highest BCUT2D eigenvalue weighted by Gasteiger charge is 2.51. The van der Waals surface area contributed by atoms with Crippen molar-refractivity contribution >= 4 is 22.8 Å². The molecule has 2 aliphatic carbocycles. The number of pyridine rings is 1. The molecule has 2 bridgehead atoms. The lowest BCUT2D eigenvalue weighted by Gasteiger charge is -2.29. The molecule has 2 fully saturated rings. The number of hydrogen-bond donors (Lipinski definition) is 2. The zero-order valence-electron chi connectivity index (χ0n) is 11.0. The van der Waals surface area contributed by atoms with Crippen LogP contribution in [-0.4, -0.2) is 22.1 Å². The number of carbonyl (C=O) groups is 1. The van der Waals surface area contributed by atoms with Crippen LogP contribution in [0.2, 0.25) is 0 Å². The van der Waals surface area contributed by atoms with Crippen LogP contribution in [0, 0.1) is 17.8 Å². The number of nitrogens with zero attached hydrogens (tertiary/aromatic N) is 1. The lowest BCUT2D eigenvalue weighted by atomic mass is 9.84. The summed E-state index contributed by atoms with van der Waals surface area (Å²) in [4.78, 5) is 15.9. The minimum Gasteiger partial charge on any atom is -0.481 e. The van der Waals surface area contributed by atoms with Crippen LogP contribution in [0.1, 0.15) is 19.3 Å². The number of furan rings is 1. The van der Waals surface area contributed by atoms with Gasteiger partial charge >= 0.3 is 5.97 Å². The predicted molar refractivity (Wildman–Crippen MR) is 73.4 cm³/mol. The van der Waals surface area contributed by atoms with E-state index in [1.54, 1.807) is 12.5 Å². The molecule has 2 N–H and O–H groups in total. The Morgan fingerprint density at radius 3 is 3.05 bits per heavy atom. The first-order chi connectivity index (χ1) is 9.74. The maximum Gasteiger partial charge on any atom is 0.308 e. The van der Waals surface area contributed by atoms with Crippen LogP contribution < -0.4 is 5.32 Å². The molecule has 4 rings (SSSR count). The van der Waals surface area contributed by atoms with Gasteiger partial charge in [-0.05, 0) is 43.2 Å². The molecule has 0 saturated heterocycles. The normalized spacial score (nSPS) is 31.8. The number of fused-ring (bicyclic) bond motifs is 3. The molecule has 20 heavy (non-hydrogen) atoms. The number of aliphatic carboxylic acids is 1. The Kier molecular flexibility index (Phi) is 2.49. The fourth-order valence-electron chi connectivity index (χ4n) is 4.02. The van der Waals surface area contributed by atoms with Gasteiger partial charge in [0.25, 0.3) is 0 Å². The van der Waals surface area contributed by atoms with E-state index < -0.39 is 5.97 Å². The number of hydrogen-bond acceptors (Lipinski definition) is 4. The van der Waals surface area contributed by atoms with Crippen LogP contribution in [0.15, 0.2) is 29.0 Å². The van der Waals surface area contributed by atoms with Gasteiger partial charge < -0.3 is 14.8 Å². The number of aromatic nitrogens is 1. The van der Waals surface area contributed by atoms with Crippen LogP contribution >= 0.6 is 0 Å². The number of nitrogens with one attached hydrogen (secondary N) is 1. The van der Waals surface area contributed by atoms with E-state index in [1.807, 2.05) is 12.1 Å². The van der Waals surface area contributed by atoms with E-state index >= 15 is 0 Å². The summed E-state index contributed by atoms with van der Waals surface area (Å²) >= 11 is 0. The number of anilines is 1. The number of rotatable bonds is 3. The zero-order chi connectivity index (χ0) is 13.7. The maximum atomic E-state index is 11.5. The SMILES string of the molecule is O=C(O)C1C2CCC(C2)C1Nc1nccc2occc12. The lowest BCUT2D eigenvalue weighted by molar-refractivity contribution is -0.143. The van der Waals surface area contributed by atoms with E-state index in [4.69, 9.17) is 4.42 Å². The Morgan fingerprint density at radius 1 is 1.35 bits per heavy atom. The molecular weight excluding hydrogens is 256 g/mol. The lowest BCUT2D eigenvalue weighted by Crippen LogP contribution is -2.39. The van der Waals surface area contributed by atoms with Gasteiger partial charge in [0, 0.05) is 12.2 Å². The highest BCUT2D eigenvalue weighted by molar-refractivity contribution is 5.88.